The zero-order valence-electron chi connectivity index (χ0n) is 8.16. The van der Waals surface area contributed by atoms with Gasteiger partial charge in [-0.1, -0.05) is 5.11 Å². The highest BCUT2D eigenvalue weighted by Crippen LogP contribution is 2.12. The summed E-state index contributed by atoms with van der Waals surface area (Å²) >= 11 is 0. The van der Waals surface area contributed by atoms with E-state index in [1.54, 1.807) is 0 Å². The first-order valence-electron chi connectivity index (χ1n) is 4.69. The second-order valence-electron chi connectivity index (χ2n) is 3.15. The molecule has 15 heavy (non-hydrogen) atoms. The van der Waals surface area contributed by atoms with Crippen LogP contribution in [0.25, 0.3) is 10.4 Å². The molecule has 0 aliphatic heterocycles. The summed E-state index contributed by atoms with van der Waals surface area (Å²) in [7, 11) is 0. The predicted octanol–water partition coefficient (Wildman–Crippen LogP) is 3.60. The van der Waals surface area contributed by atoms with Crippen molar-refractivity contribution in [3.63, 3.8) is 0 Å². The van der Waals surface area contributed by atoms with Crippen LogP contribution in [-0.2, 0) is 6.42 Å². The van der Waals surface area contributed by atoms with Gasteiger partial charge < -0.3 is 0 Å². The van der Waals surface area contributed by atoms with E-state index in [0.29, 0.717) is 31.4 Å². The topological polar surface area (TPSA) is 48.8 Å². The molecule has 1 aromatic carbocycles. The van der Waals surface area contributed by atoms with E-state index < -0.39 is 5.82 Å². The quantitative estimate of drug-likeness (QED) is 0.309. The van der Waals surface area contributed by atoms with Crippen LogP contribution in [-0.4, -0.2) is 6.54 Å². The van der Waals surface area contributed by atoms with E-state index in [-0.39, 0.29) is 5.82 Å². The zero-order valence-corrected chi connectivity index (χ0v) is 8.16. The number of hydrogen-bond donors (Lipinski definition) is 0. The van der Waals surface area contributed by atoms with Crippen LogP contribution in [0.3, 0.4) is 0 Å². The maximum Gasteiger partial charge on any atom is 0.126 e. The third-order valence-corrected chi connectivity index (χ3v) is 2.03. The first-order chi connectivity index (χ1) is 7.24. The molecule has 0 radical (unpaired) electrons. The minimum absolute atomic E-state index is 0.371. The van der Waals surface area contributed by atoms with E-state index in [1.807, 2.05) is 0 Å². The highest BCUT2D eigenvalue weighted by molar-refractivity contribution is 5.18. The molecule has 1 aromatic rings. The fourth-order valence-corrected chi connectivity index (χ4v) is 1.28. The SMILES string of the molecule is [N-]=[N+]=NCCCCc1cc(F)ccc1F. The molecule has 0 aromatic heterocycles. The molecule has 80 valence electrons. The predicted molar refractivity (Wildman–Crippen MR) is 53.3 cm³/mol. The number of azide groups is 1. The van der Waals surface area contributed by atoms with Crippen molar-refractivity contribution in [1.29, 1.82) is 0 Å². The van der Waals surface area contributed by atoms with Crippen LogP contribution in [0.15, 0.2) is 23.3 Å². The zero-order chi connectivity index (χ0) is 11.1. The minimum atomic E-state index is -0.429. The van der Waals surface area contributed by atoms with Crippen LogP contribution in [0.4, 0.5) is 8.78 Å². The van der Waals surface area contributed by atoms with Gasteiger partial charge in [0.25, 0.3) is 0 Å². The second kappa shape index (κ2) is 5.98. The maximum absolute atomic E-state index is 13.1. The molecule has 1 rings (SSSR count). The highest BCUT2D eigenvalue weighted by Gasteiger charge is 2.02. The molecule has 0 atom stereocenters. The molecule has 0 aliphatic rings. The van der Waals surface area contributed by atoms with Crippen LogP contribution < -0.4 is 0 Å². The van der Waals surface area contributed by atoms with Crippen molar-refractivity contribution < 1.29 is 8.78 Å². The third kappa shape index (κ3) is 3.95. The highest BCUT2D eigenvalue weighted by atomic mass is 19.1. The summed E-state index contributed by atoms with van der Waals surface area (Å²) in [5, 5.41) is 3.36. The third-order valence-electron chi connectivity index (χ3n) is 2.03. The molecule has 0 amide bonds. The number of hydrogen-bond acceptors (Lipinski definition) is 1. The average Bonchev–Trinajstić information content (AvgIpc) is 2.23. The van der Waals surface area contributed by atoms with Crippen molar-refractivity contribution in [2.45, 2.75) is 19.3 Å². The Balaban J connectivity index is 2.43. The maximum atomic E-state index is 13.1. The van der Waals surface area contributed by atoms with Crippen molar-refractivity contribution in [2.75, 3.05) is 6.54 Å². The van der Waals surface area contributed by atoms with Gasteiger partial charge in [-0.3, -0.25) is 0 Å². The summed E-state index contributed by atoms with van der Waals surface area (Å²) in [6.45, 7) is 0.396. The van der Waals surface area contributed by atoms with Gasteiger partial charge in [-0.2, -0.15) is 0 Å². The molecule has 5 heteroatoms. The van der Waals surface area contributed by atoms with Crippen molar-refractivity contribution >= 4 is 0 Å². The summed E-state index contributed by atoms with van der Waals surface area (Å²) in [6, 6.07) is 3.42. The number of benzene rings is 1. The van der Waals surface area contributed by atoms with Crippen molar-refractivity contribution in [3.05, 3.63) is 45.8 Å². The summed E-state index contributed by atoms with van der Waals surface area (Å²) < 4.78 is 25.8. The fraction of sp³-hybridized carbons (Fsp3) is 0.400. The number of halogens is 2. The lowest BCUT2D eigenvalue weighted by Gasteiger charge is -2.02. The number of rotatable bonds is 5. The van der Waals surface area contributed by atoms with Crippen molar-refractivity contribution in [3.8, 4) is 0 Å². The Hall–Kier alpha value is -1.61. The van der Waals surface area contributed by atoms with Gasteiger partial charge in [0.15, 0.2) is 0 Å². The Labute approximate surface area is 86.4 Å². The minimum Gasteiger partial charge on any atom is -0.207 e. The Kier molecular flexibility index (Phi) is 4.57. The standard InChI is InChI=1S/C10H11F2N3/c11-9-4-5-10(12)8(7-9)3-1-2-6-14-15-13/h4-5,7H,1-3,6H2. The van der Waals surface area contributed by atoms with Gasteiger partial charge in [-0.05, 0) is 48.6 Å². The van der Waals surface area contributed by atoms with Crippen LogP contribution in [0.2, 0.25) is 0 Å². The van der Waals surface area contributed by atoms with Crippen LogP contribution in [0.5, 0.6) is 0 Å². The van der Waals surface area contributed by atoms with E-state index in [9.17, 15) is 8.78 Å². The van der Waals surface area contributed by atoms with Gasteiger partial charge in [0.1, 0.15) is 11.6 Å². The number of unbranched alkanes of at least 4 members (excludes halogenated alkanes) is 1. The lowest BCUT2D eigenvalue weighted by molar-refractivity contribution is 0.578. The first kappa shape index (κ1) is 11.5. The van der Waals surface area contributed by atoms with Gasteiger partial charge in [0.05, 0.1) is 0 Å². The molecule has 0 aliphatic carbocycles. The Morgan fingerprint density at radius 1 is 1.27 bits per heavy atom. The summed E-state index contributed by atoms with van der Waals surface area (Å²) in [4.78, 5) is 2.60. The molecule has 0 unspecified atom stereocenters. The molecule has 0 heterocycles. The molecule has 0 N–H and O–H groups in total. The van der Waals surface area contributed by atoms with Crippen LogP contribution >= 0.6 is 0 Å². The van der Waals surface area contributed by atoms with Gasteiger partial charge >= 0.3 is 0 Å². The molecule has 0 fully saturated rings. The van der Waals surface area contributed by atoms with Gasteiger partial charge in [0.2, 0.25) is 0 Å². The Bertz CT molecular complexity index is 373. The normalized spacial score (nSPS) is 9.73. The molecular weight excluding hydrogens is 200 g/mol. The number of nitrogens with zero attached hydrogens (tertiary/aromatic N) is 3. The monoisotopic (exact) mass is 211 g/mol. The van der Waals surface area contributed by atoms with Crippen molar-refractivity contribution in [1.82, 2.24) is 0 Å². The van der Waals surface area contributed by atoms with E-state index in [1.165, 1.54) is 6.07 Å². The molecule has 0 saturated carbocycles. The smallest absolute Gasteiger partial charge is 0.126 e. The van der Waals surface area contributed by atoms with Gasteiger partial charge in [0, 0.05) is 11.5 Å². The molecule has 3 nitrogen and oxygen atoms in total. The van der Waals surface area contributed by atoms with E-state index in [0.717, 1.165) is 12.1 Å². The summed E-state index contributed by atoms with van der Waals surface area (Å²) in [6.07, 6.45) is 1.82. The molecule has 0 saturated heterocycles. The second-order valence-corrected chi connectivity index (χ2v) is 3.15. The van der Waals surface area contributed by atoms with Crippen molar-refractivity contribution in [2.24, 2.45) is 5.11 Å². The summed E-state index contributed by atoms with van der Waals surface area (Å²) in [5.41, 5.74) is 8.38. The Morgan fingerprint density at radius 2 is 2.07 bits per heavy atom. The molecule has 0 spiro atoms. The average molecular weight is 211 g/mol. The lowest BCUT2D eigenvalue weighted by atomic mass is 10.1. The van der Waals surface area contributed by atoms with Gasteiger partial charge in [-0.15, -0.1) is 0 Å². The lowest BCUT2D eigenvalue weighted by Crippen LogP contribution is -1.93. The molecular formula is C10H11F2N3. The van der Waals surface area contributed by atoms with Gasteiger partial charge in [-0.25, -0.2) is 8.78 Å². The van der Waals surface area contributed by atoms with Crippen LogP contribution in [0.1, 0.15) is 18.4 Å². The summed E-state index contributed by atoms with van der Waals surface area (Å²) in [5.74, 6) is -0.818. The molecule has 0 bridgehead atoms. The number of aryl methyl sites for hydroxylation is 1. The van der Waals surface area contributed by atoms with Crippen LogP contribution in [0, 0.1) is 11.6 Å². The fourth-order valence-electron chi connectivity index (χ4n) is 1.28. The van der Waals surface area contributed by atoms with E-state index >= 15 is 0 Å². The van der Waals surface area contributed by atoms with E-state index in [2.05, 4.69) is 10.0 Å². The largest absolute Gasteiger partial charge is 0.207 e. The first-order valence-corrected chi connectivity index (χ1v) is 4.69. The van der Waals surface area contributed by atoms with E-state index in [4.69, 9.17) is 5.53 Å². The Morgan fingerprint density at radius 3 is 2.80 bits per heavy atom.